The van der Waals surface area contributed by atoms with Crippen molar-refractivity contribution in [3.05, 3.63) is 235 Å². The second-order valence-corrected chi connectivity index (χ2v) is 23.3. The van der Waals surface area contributed by atoms with Crippen molar-refractivity contribution in [2.45, 2.75) is 70.6 Å². The predicted octanol–water partition coefficient (Wildman–Crippen LogP) is 20.0. The Bertz CT molecular complexity index is 4190. The van der Waals surface area contributed by atoms with Crippen molar-refractivity contribution in [2.24, 2.45) is 23.7 Å². The quantitative estimate of drug-likeness (QED) is 0.134. The minimum atomic E-state index is 0.0379. The van der Waals surface area contributed by atoms with Gasteiger partial charge >= 0.3 is 0 Å². The Balaban J connectivity index is 1.02. The molecule has 0 atom stereocenters. The van der Waals surface area contributed by atoms with Crippen molar-refractivity contribution >= 4 is 88.2 Å². The third kappa shape index (κ3) is 6.11. The van der Waals surface area contributed by atoms with E-state index in [-0.39, 0.29) is 11.3 Å². The highest BCUT2D eigenvalue weighted by Crippen LogP contribution is 2.70. The van der Waals surface area contributed by atoms with Gasteiger partial charge < -0.3 is 14.4 Å². The van der Waals surface area contributed by atoms with Gasteiger partial charge in [0.05, 0.1) is 28.1 Å². The van der Waals surface area contributed by atoms with Gasteiger partial charge in [0, 0.05) is 55.3 Å². The summed E-state index contributed by atoms with van der Waals surface area (Å²) in [7, 11) is 0. The fourth-order valence-corrected chi connectivity index (χ4v) is 16.5. The standard InChI is InChI=1S/C73H61N3/c1-4-48-42-68(74(51-19-8-5-9-20-51)52-21-10-6-11-22-52)59-35-33-57-61(45(2)3)44-69(60-34-32-55(48)70(59)71(57)60)76(54-31-36-66-62(43-54)56-25-15-17-29-65(56)75(66)53-23-12-7-13-24-53)67-30-18-28-64-72(67)58-26-14-16-27-63(58)73(64)49-38-46-37-47(40-49)41-50(73)39-46/h5-36,42-47,49-50H,4,37-41H2,1-3H3. The molecule has 12 aromatic rings. The van der Waals surface area contributed by atoms with Crippen LogP contribution in [0.5, 0.6) is 0 Å². The van der Waals surface area contributed by atoms with Crippen LogP contribution in [0.2, 0.25) is 0 Å². The lowest BCUT2D eigenvalue weighted by molar-refractivity contribution is -0.0399. The van der Waals surface area contributed by atoms with Crippen LogP contribution in [0.1, 0.15) is 81.0 Å². The summed E-state index contributed by atoms with van der Waals surface area (Å²) < 4.78 is 2.45. The maximum Gasteiger partial charge on any atom is 0.0543 e. The first kappa shape index (κ1) is 44.2. The molecule has 5 aliphatic rings. The fraction of sp³-hybridized carbons (Fsp3) is 0.205. The molecular weight excluding hydrogens is 919 g/mol. The van der Waals surface area contributed by atoms with Crippen LogP contribution >= 0.6 is 0 Å². The summed E-state index contributed by atoms with van der Waals surface area (Å²) in [5, 5.41) is 10.5. The van der Waals surface area contributed by atoms with E-state index < -0.39 is 0 Å². The average molecular weight is 980 g/mol. The number of hydrogen-bond donors (Lipinski definition) is 0. The highest BCUT2D eigenvalue weighted by molar-refractivity contribution is 6.29. The Labute approximate surface area is 446 Å². The van der Waals surface area contributed by atoms with Gasteiger partial charge in [-0.1, -0.05) is 154 Å². The maximum atomic E-state index is 2.72. The van der Waals surface area contributed by atoms with E-state index in [1.54, 1.807) is 11.1 Å². The van der Waals surface area contributed by atoms with Crippen LogP contribution in [-0.4, -0.2) is 4.57 Å². The molecule has 1 aromatic heterocycles. The van der Waals surface area contributed by atoms with Crippen molar-refractivity contribution < 1.29 is 0 Å². The smallest absolute Gasteiger partial charge is 0.0543 e. The van der Waals surface area contributed by atoms with Crippen LogP contribution in [0.4, 0.5) is 34.1 Å². The minimum absolute atomic E-state index is 0.0379. The van der Waals surface area contributed by atoms with E-state index in [0.717, 1.165) is 29.6 Å². The Morgan fingerprint density at radius 1 is 0.447 bits per heavy atom. The largest absolute Gasteiger partial charge is 0.310 e. The predicted molar refractivity (Wildman–Crippen MR) is 321 cm³/mol. The zero-order valence-electron chi connectivity index (χ0n) is 43.7. The van der Waals surface area contributed by atoms with Crippen molar-refractivity contribution in [3.8, 4) is 16.8 Å². The van der Waals surface area contributed by atoms with Crippen molar-refractivity contribution in [3.63, 3.8) is 0 Å². The molecule has 3 nitrogen and oxygen atoms in total. The van der Waals surface area contributed by atoms with Gasteiger partial charge in [-0.05, 0) is 196 Å². The number of aromatic nitrogens is 1. The topological polar surface area (TPSA) is 11.4 Å². The molecule has 76 heavy (non-hydrogen) atoms. The third-order valence-electron chi connectivity index (χ3n) is 19.2. The van der Waals surface area contributed by atoms with Crippen LogP contribution in [0.3, 0.4) is 0 Å². The molecule has 4 saturated carbocycles. The molecule has 0 amide bonds. The molecule has 368 valence electrons. The minimum Gasteiger partial charge on any atom is -0.310 e. The molecule has 0 saturated heterocycles. The zero-order chi connectivity index (χ0) is 50.4. The van der Waals surface area contributed by atoms with E-state index in [9.17, 15) is 0 Å². The van der Waals surface area contributed by atoms with Gasteiger partial charge in [0.15, 0.2) is 0 Å². The second kappa shape index (κ2) is 16.7. The number of nitrogens with zero attached hydrogens (tertiary/aromatic N) is 3. The van der Waals surface area contributed by atoms with Gasteiger partial charge in [0.1, 0.15) is 0 Å². The SMILES string of the molecule is CCc1cc(N(c2ccccc2)c2ccccc2)c2ccc3c(C(C)C)cc(N(c4ccc5c(c4)c4ccccc4n5-c4ccccc4)c4cccc5c4-c4ccccc4C54C5CC6CC(C5)CC4C6)c4ccc1c2c34. The number of fused-ring (bicyclic) bond motifs is 6. The van der Waals surface area contributed by atoms with Crippen molar-refractivity contribution in [2.75, 3.05) is 9.80 Å². The lowest BCUT2D eigenvalue weighted by Crippen LogP contribution is -2.55. The molecule has 5 aliphatic carbocycles. The van der Waals surface area contributed by atoms with Gasteiger partial charge in [0.2, 0.25) is 0 Å². The van der Waals surface area contributed by atoms with Crippen LogP contribution in [-0.2, 0) is 11.8 Å². The van der Waals surface area contributed by atoms with Crippen LogP contribution in [0, 0.1) is 23.7 Å². The first-order valence-electron chi connectivity index (χ1n) is 28.3. The summed E-state index contributed by atoms with van der Waals surface area (Å²) >= 11 is 0. The van der Waals surface area contributed by atoms with Gasteiger partial charge in [0.25, 0.3) is 0 Å². The first-order chi connectivity index (χ1) is 37.5. The second-order valence-electron chi connectivity index (χ2n) is 23.3. The van der Waals surface area contributed by atoms with Gasteiger partial charge in [-0.15, -0.1) is 0 Å². The average Bonchev–Trinajstić information content (AvgIpc) is 3.96. The third-order valence-corrected chi connectivity index (χ3v) is 19.2. The number of rotatable bonds is 9. The number of hydrogen-bond acceptors (Lipinski definition) is 2. The zero-order valence-corrected chi connectivity index (χ0v) is 43.7. The lowest BCUT2D eigenvalue weighted by Gasteiger charge is -2.61. The van der Waals surface area contributed by atoms with Gasteiger partial charge in [-0.3, -0.25) is 0 Å². The molecule has 1 heterocycles. The van der Waals surface area contributed by atoms with Crippen LogP contribution in [0.15, 0.2) is 212 Å². The van der Waals surface area contributed by atoms with Crippen LogP contribution < -0.4 is 9.80 Å². The van der Waals surface area contributed by atoms with Gasteiger partial charge in [-0.25, -0.2) is 0 Å². The molecular formula is C73H61N3. The number of benzene rings is 11. The van der Waals surface area contributed by atoms with Crippen LogP contribution in [0.25, 0.3) is 70.9 Å². The fourth-order valence-electron chi connectivity index (χ4n) is 16.5. The summed E-state index contributed by atoms with van der Waals surface area (Å²) in [5.74, 6) is 3.37. The van der Waals surface area contributed by atoms with Crippen molar-refractivity contribution in [1.82, 2.24) is 4.57 Å². The highest BCUT2D eigenvalue weighted by atomic mass is 15.2. The lowest BCUT2D eigenvalue weighted by atomic mass is 9.43. The number of anilines is 6. The molecule has 17 rings (SSSR count). The van der Waals surface area contributed by atoms with Gasteiger partial charge in [-0.2, -0.15) is 0 Å². The van der Waals surface area contributed by atoms with E-state index >= 15 is 0 Å². The summed E-state index contributed by atoms with van der Waals surface area (Å²) in [6.07, 6.45) is 7.80. The summed E-state index contributed by atoms with van der Waals surface area (Å²) in [5.41, 5.74) is 19.6. The highest BCUT2D eigenvalue weighted by Gasteiger charge is 2.62. The first-order valence-corrected chi connectivity index (χ1v) is 28.3. The Morgan fingerprint density at radius 2 is 1.03 bits per heavy atom. The summed E-state index contributed by atoms with van der Waals surface area (Å²) in [6.45, 7) is 7.12. The van der Waals surface area contributed by atoms with E-state index in [0.29, 0.717) is 11.8 Å². The monoisotopic (exact) mass is 979 g/mol. The Kier molecular flexibility index (Phi) is 9.70. The number of para-hydroxylation sites is 4. The maximum absolute atomic E-state index is 2.72. The summed E-state index contributed by atoms with van der Waals surface area (Å²) in [4.78, 5) is 5.20. The Morgan fingerprint density at radius 3 is 1.72 bits per heavy atom. The van der Waals surface area contributed by atoms with E-state index in [1.807, 2.05) is 0 Å². The molecule has 4 bridgehead atoms. The summed E-state index contributed by atoms with van der Waals surface area (Å²) in [6, 6.07) is 81.2. The Hall–Kier alpha value is -8.14. The molecule has 3 heteroatoms. The molecule has 0 N–H and O–H groups in total. The van der Waals surface area contributed by atoms with Crippen molar-refractivity contribution in [1.29, 1.82) is 0 Å². The molecule has 0 unspecified atom stereocenters. The number of aryl methyl sites for hydroxylation is 1. The van der Waals surface area contributed by atoms with E-state index in [1.165, 1.54) is 137 Å². The molecule has 1 spiro atoms. The van der Waals surface area contributed by atoms with E-state index in [4.69, 9.17) is 0 Å². The normalized spacial score (nSPS) is 20.3. The molecule has 0 aliphatic heterocycles. The molecule has 11 aromatic carbocycles. The molecule has 0 radical (unpaired) electrons. The molecule has 4 fully saturated rings. The van der Waals surface area contributed by atoms with E-state index in [2.05, 4.69) is 247 Å².